The predicted octanol–water partition coefficient (Wildman–Crippen LogP) is 1.06. The van der Waals surface area contributed by atoms with E-state index in [-0.39, 0.29) is 11.5 Å². The van der Waals surface area contributed by atoms with Crippen molar-refractivity contribution in [2.24, 2.45) is 0 Å². The van der Waals surface area contributed by atoms with Gasteiger partial charge in [-0.15, -0.1) is 0 Å². The SMILES string of the molecule is COC(=O)CC(OC(=O)C=Cc1ccc(O)c(OC)c1)C(=O)OC. The molecule has 1 atom stereocenters. The van der Waals surface area contributed by atoms with Crippen molar-refractivity contribution in [3.05, 3.63) is 29.8 Å². The fourth-order valence-corrected chi connectivity index (χ4v) is 1.68. The van der Waals surface area contributed by atoms with Crippen molar-refractivity contribution < 1.29 is 38.4 Å². The lowest BCUT2D eigenvalue weighted by Crippen LogP contribution is -2.30. The van der Waals surface area contributed by atoms with Gasteiger partial charge in [0, 0.05) is 6.08 Å². The van der Waals surface area contributed by atoms with Crippen molar-refractivity contribution in [3.8, 4) is 11.5 Å². The zero-order chi connectivity index (χ0) is 18.1. The van der Waals surface area contributed by atoms with E-state index >= 15 is 0 Å². The van der Waals surface area contributed by atoms with E-state index in [1.807, 2.05) is 0 Å². The second kappa shape index (κ2) is 9.19. The van der Waals surface area contributed by atoms with Crippen LogP contribution in [0.25, 0.3) is 6.08 Å². The molecule has 0 radical (unpaired) electrons. The van der Waals surface area contributed by atoms with Gasteiger partial charge in [-0.25, -0.2) is 9.59 Å². The van der Waals surface area contributed by atoms with Crippen LogP contribution in [0.4, 0.5) is 0 Å². The third kappa shape index (κ3) is 5.64. The lowest BCUT2D eigenvalue weighted by Gasteiger charge is -2.13. The number of carbonyl (C=O) groups is 3. The summed E-state index contributed by atoms with van der Waals surface area (Å²) >= 11 is 0. The Morgan fingerprint density at radius 3 is 2.46 bits per heavy atom. The minimum Gasteiger partial charge on any atom is -0.504 e. The van der Waals surface area contributed by atoms with Gasteiger partial charge >= 0.3 is 17.9 Å². The molecular weight excluding hydrogens is 320 g/mol. The highest BCUT2D eigenvalue weighted by atomic mass is 16.6. The molecule has 0 amide bonds. The third-order valence-corrected chi connectivity index (χ3v) is 2.92. The van der Waals surface area contributed by atoms with Gasteiger partial charge in [0.2, 0.25) is 6.10 Å². The summed E-state index contributed by atoms with van der Waals surface area (Å²) in [6, 6.07) is 4.46. The quantitative estimate of drug-likeness (QED) is 0.447. The Kier molecular flexibility index (Phi) is 7.28. The summed E-state index contributed by atoms with van der Waals surface area (Å²) in [6.45, 7) is 0. The van der Waals surface area contributed by atoms with Gasteiger partial charge in [0.05, 0.1) is 27.8 Å². The molecule has 0 saturated heterocycles. The third-order valence-electron chi connectivity index (χ3n) is 2.92. The molecule has 1 unspecified atom stereocenters. The molecular formula is C16H18O8. The summed E-state index contributed by atoms with van der Waals surface area (Å²) in [5, 5.41) is 9.49. The summed E-state index contributed by atoms with van der Waals surface area (Å²) < 4.78 is 18.7. The van der Waals surface area contributed by atoms with Crippen LogP contribution in [0, 0.1) is 0 Å². The van der Waals surface area contributed by atoms with Crippen molar-refractivity contribution in [2.45, 2.75) is 12.5 Å². The Balaban J connectivity index is 2.77. The maximum Gasteiger partial charge on any atom is 0.347 e. The number of phenolic OH excluding ortho intramolecular Hbond substituents is 1. The van der Waals surface area contributed by atoms with Crippen molar-refractivity contribution in [3.63, 3.8) is 0 Å². The van der Waals surface area contributed by atoms with Crippen LogP contribution in [-0.2, 0) is 28.6 Å². The van der Waals surface area contributed by atoms with Gasteiger partial charge in [-0.05, 0) is 23.8 Å². The number of aromatic hydroxyl groups is 1. The van der Waals surface area contributed by atoms with Gasteiger partial charge < -0.3 is 24.1 Å². The molecule has 0 bridgehead atoms. The number of hydrogen-bond donors (Lipinski definition) is 1. The Bertz CT molecular complexity index is 635. The normalized spacial score (nSPS) is 11.6. The highest BCUT2D eigenvalue weighted by Crippen LogP contribution is 2.26. The molecule has 0 heterocycles. The molecule has 24 heavy (non-hydrogen) atoms. The number of benzene rings is 1. The van der Waals surface area contributed by atoms with Crippen LogP contribution in [-0.4, -0.2) is 50.4 Å². The van der Waals surface area contributed by atoms with Gasteiger partial charge in [0.25, 0.3) is 0 Å². The maximum atomic E-state index is 11.8. The molecule has 1 aromatic rings. The van der Waals surface area contributed by atoms with Gasteiger partial charge in [-0.2, -0.15) is 0 Å². The molecule has 0 aromatic heterocycles. The number of ether oxygens (including phenoxy) is 4. The van der Waals surface area contributed by atoms with Crippen LogP contribution in [0.1, 0.15) is 12.0 Å². The summed E-state index contributed by atoms with van der Waals surface area (Å²) in [5.41, 5.74) is 0.559. The Hall–Kier alpha value is -3.03. The molecule has 130 valence electrons. The topological polar surface area (TPSA) is 108 Å². The van der Waals surface area contributed by atoms with Crippen LogP contribution >= 0.6 is 0 Å². The maximum absolute atomic E-state index is 11.8. The minimum atomic E-state index is -1.39. The average molecular weight is 338 g/mol. The van der Waals surface area contributed by atoms with Gasteiger partial charge in [-0.3, -0.25) is 4.79 Å². The minimum absolute atomic E-state index is 0.0407. The fourth-order valence-electron chi connectivity index (χ4n) is 1.68. The number of phenols is 1. The van der Waals surface area contributed by atoms with Crippen molar-refractivity contribution >= 4 is 24.0 Å². The summed E-state index contributed by atoms with van der Waals surface area (Å²) in [4.78, 5) is 34.5. The van der Waals surface area contributed by atoms with E-state index < -0.39 is 30.4 Å². The lowest BCUT2D eigenvalue weighted by atomic mass is 10.2. The van der Waals surface area contributed by atoms with E-state index in [1.54, 1.807) is 6.07 Å². The van der Waals surface area contributed by atoms with Crippen LogP contribution < -0.4 is 4.74 Å². The van der Waals surface area contributed by atoms with E-state index in [9.17, 15) is 19.5 Å². The van der Waals surface area contributed by atoms with Crippen LogP contribution in [0.2, 0.25) is 0 Å². The van der Waals surface area contributed by atoms with E-state index in [2.05, 4.69) is 9.47 Å². The number of hydrogen-bond acceptors (Lipinski definition) is 8. The second-order valence-electron chi connectivity index (χ2n) is 4.49. The molecule has 1 aromatic carbocycles. The summed E-state index contributed by atoms with van der Waals surface area (Å²) in [5.74, 6) is -2.23. The molecule has 0 saturated carbocycles. The Labute approximate surface area is 138 Å². The van der Waals surface area contributed by atoms with Gasteiger partial charge in [-0.1, -0.05) is 6.07 Å². The second-order valence-corrected chi connectivity index (χ2v) is 4.49. The molecule has 0 spiro atoms. The van der Waals surface area contributed by atoms with Gasteiger partial charge in [0.1, 0.15) is 0 Å². The molecule has 1 N–H and O–H groups in total. The van der Waals surface area contributed by atoms with E-state index in [0.717, 1.165) is 20.3 Å². The first-order chi connectivity index (χ1) is 11.4. The number of esters is 3. The fraction of sp³-hybridized carbons (Fsp3) is 0.312. The first-order valence-corrected chi connectivity index (χ1v) is 6.81. The lowest BCUT2D eigenvalue weighted by molar-refractivity contribution is -0.167. The summed E-state index contributed by atoms with van der Waals surface area (Å²) in [6.07, 6.45) is 0.625. The molecule has 8 heteroatoms. The highest BCUT2D eigenvalue weighted by Gasteiger charge is 2.26. The number of methoxy groups -OCH3 is 3. The Morgan fingerprint density at radius 1 is 1.17 bits per heavy atom. The molecule has 0 aliphatic heterocycles. The average Bonchev–Trinajstić information content (AvgIpc) is 2.59. The highest BCUT2D eigenvalue weighted by molar-refractivity contribution is 5.90. The molecule has 8 nitrogen and oxygen atoms in total. The monoisotopic (exact) mass is 338 g/mol. The Morgan fingerprint density at radius 2 is 1.88 bits per heavy atom. The van der Waals surface area contributed by atoms with Crippen molar-refractivity contribution in [1.29, 1.82) is 0 Å². The number of carbonyl (C=O) groups excluding carboxylic acids is 3. The van der Waals surface area contributed by atoms with Crippen molar-refractivity contribution in [2.75, 3.05) is 21.3 Å². The van der Waals surface area contributed by atoms with Crippen LogP contribution in [0.15, 0.2) is 24.3 Å². The first kappa shape index (κ1) is 19.0. The molecule has 1 rings (SSSR count). The largest absolute Gasteiger partial charge is 0.504 e. The van der Waals surface area contributed by atoms with E-state index in [4.69, 9.17) is 9.47 Å². The van der Waals surface area contributed by atoms with Crippen molar-refractivity contribution in [1.82, 2.24) is 0 Å². The first-order valence-electron chi connectivity index (χ1n) is 6.81. The smallest absolute Gasteiger partial charge is 0.347 e. The van der Waals surface area contributed by atoms with Crippen LogP contribution in [0.3, 0.4) is 0 Å². The number of rotatable bonds is 7. The standard InChI is InChI=1S/C16H18O8/c1-21-12-8-10(4-6-11(12)17)5-7-14(18)24-13(16(20)23-3)9-15(19)22-2/h4-8,13,17H,9H2,1-3H3. The predicted molar refractivity (Wildman–Crippen MR) is 82.2 cm³/mol. The van der Waals surface area contributed by atoms with Gasteiger partial charge in [0.15, 0.2) is 11.5 Å². The zero-order valence-corrected chi connectivity index (χ0v) is 13.5. The summed E-state index contributed by atoms with van der Waals surface area (Å²) in [7, 11) is 3.65. The molecule has 0 fully saturated rings. The molecule has 0 aliphatic carbocycles. The molecule has 0 aliphatic rings. The zero-order valence-electron chi connectivity index (χ0n) is 13.5. The van der Waals surface area contributed by atoms with E-state index in [0.29, 0.717) is 5.56 Å². The van der Waals surface area contributed by atoms with E-state index in [1.165, 1.54) is 25.3 Å². The van der Waals surface area contributed by atoms with Crippen LogP contribution in [0.5, 0.6) is 11.5 Å².